The summed E-state index contributed by atoms with van der Waals surface area (Å²) < 4.78 is 7.47. The van der Waals surface area contributed by atoms with Crippen LogP contribution in [0.15, 0.2) is 60.0 Å². The summed E-state index contributed by atoms with van der Waals surface area (Å²) in [6, 6.07) is 15.9. The van der Waals surface area contributed by atoms with Crippen LogP contribution in [-0.2, 0) is 4.79 Å². The largest absolute Gasteiger partial charge is 0.495 e. The summed E-state index contributed by atoms with van der Waals surface area (Å²) in [5, 5.41) is 11.7. The molecule has 1 atom stereocenters. The smallest absolute Gasteiger partial charge is 0.242 e. The lowest BCUT2D eigenvalue weighted by atomic mass is 10.1. The minimum Gasteiger partial charge on any atom is -0.495 e. The van der Waals surface area contributed by atoms with E-state index in [-0.39, 0.29) is 5.91 Å². The van der Waals surface area contributed by atoms with E-state index in [1.807, 2.05) is 55.5 Å². The van der Waals surface area contributed by atoms with Crippen LogP contribution in [0.5, 0.6) is 5.75 Å². The van der Waals surface area contributed by atoms with Crippen molar-refractivity contribution in [3.05, 3.63) is 66.0 Å². The lowest BCUT2D eigenvalue weighted by molar-refractivity contribution is -0.115. The van der Waals surface area contributed by atoms with Crippen molar-refractivity contribution in [3.63, 3.8) is 0 Å². The summed E-state index contributed by atoms with van der Waals surface area (Å²) >= 11 is 1.42. The zero-order valence-electron chi connectivity index (χ0n) is 15.8. The van der Waals surface area contributed by atoms with Crippen LogP contribution in [0.1, 0.15) is 35.3 Å². The molecule has 0 radical (unpaired) electrons. The molecule has 1 aliphatic carbocycles. The Morgan fingerprint density at radius 1 is 1.25 bits per heavy atom. The lowest BCUT2D eigenvalue weighted by Gasteiger charge is -2.18. The summed E-state index contributed by atoms with van der Waals surface area (Å²) in [6.45, 7) is 1.98. The first-order chi connectivity index (χ1) is 13.7. The monoisotopic (exact) mass is 394 g/mol. The lowest BCUT2D eigenvalue weighted by Crippen LogP contribution is -2.20. The summed E-state index contributed by atoms with van der Waals surface area (Å²) in [7, 11) is 1.60. The highest BCUT2D eigenvalue weighted by Gasteiger charge is 2.30. The predicted molar refractivity (Wildman–Crippen MR) is 110 cm³/mol. The fourth-order valence-electron chi connectivity index (χ4n) is 3.04. The molecular weight excluding hydrogens is 372 g/mol. The second kappa shape index (κ2) is 8.06. The van der Waals surface area contributed by atoms with Crippen LogP contribution in [0.2, 0.25) is 0 Å². The molecule has 0 spiro atoms. The van der Waals surface area contributed by atoms with Gasteiger partial charge in [0, 0.05) is 6.04 Å². The average molecular weight is 395 g/mol. The van der Waals surface area contributed by atoms with Crippen LogP contribution in [0.4, 0.5) is 5.69 Å². The first-order valence-electron chi connectivity index (χ1n) is 9.22. The SMILES string of the molecule is COc1ccc(C)cc1NC(=O)[C@H](Sc1nncn1C1CC1)c1ccccc1. The summed E-state index contributed by atoms with van der Waals surface area (Å²) in [4.78, 5) is 13.3. The number of hydrogen-bond acceptors (Lipinski definition) is 5. The number of carbonyl (C=O) groups excluding carboxylic acids is 1. The Bertz CT molecular complexity index is 970. The number of anilines is 1. The van der Waals surface area contributed by atoms with Crippen molar-refractivity contribution in [2.45, 2.75) is 36.2 Å². The highest BCUT2D eigenvalue weighted by molar-refractivity contribution is 8.00. The number of ether oxygens (including phenoxy) is 1. The van der Waals surface area contributed by atoms with Gasteiger partial charge in [0.05, 0.1) is 12.8 Å². The third-order valence-corrected chi connectivity index (χ3v) is 5.88. The number of aromatic nitrogens is 3. The van der Waals surface area contributed by atoms with E-state index in [1.165, 1.54) is 11.8 Å². The fraction of sp³-hybridized carbons (Fsp3) is 0.286. The Hall–Kier alpha value is -2.80. The third-order valence-electron chi connectivity index (χ3n) is 4.66. The molecule has 0 aliphatic heterocycles. The first-order valence-corrected chi connectivity index (χ1v) is 10.1. The Balaban J connectivity index is 1.63. The van der Waals surface area contributed by atoms with Gasteiger partial charge in [-0.1, -0.05) is 48.2 Å². The summed E-state index contributed by atoms with van der Waals surface area (Å²) in [5.41, 5.74) is 2.63. The van der Waals surface area contributed by atoms with Gasteiger partial charge in [0.15, 0.2) is 5.16 Å². The molecule has 144 valence electrons. The van der Waals surface area contributed by atoms with Gasteiger partial charge < -0.3 is 14.6 Å². The molecule has 1 fully saturated rings. The van der Waals surface area contributed by atoms with Crippen molar-refractivity contribution in [1.29, 1.82) is 0 Å². The van der Waals surface area contributed by atoms with Gasteiger partial charge in [-0.2, -0.15) is 0 Å². The predicted octanol–water partition coefficient (Wildman–Crippen LogP) is 4.40. The number of benzene rings is 2. The highest BCUT2D eigenvalue weighted by Crippen LogP contribution is 2.41. The topological polar surface area (TPSA) is 69.0 Å². The Kier molecular flexibility index (Phi) is 5.34. The number of aryl methyl sites for hydroxylation is 1. The van der Waals surface area contributed by atoms with E-state index in [4.69, 9.17) is 4.74 Å². The van der Waals surface area contributed by atoms with Crippen molar-refractivity contribution in [2.75, 3.05) is 12.4 Å². The first kappa shape index (κ1) is 18.6. The highest BCUT2D eigenvalue weighted by atomic mass is 32.2. The Morgan fingerprint density at radius 2 is 2.04 bits per heavy atom. The molecule has 0 unspecified atom stereocenters. The minimum atomic E-state index is -0.451. The van der Waals surface area contributed by atoms with E-state index in [1.54, 1.807) is 13.4 Å². The van der Waals surface area contributed by atoms with Crippen molar-refractivity contribution in [3.8, 4) is 5.75 Å². The van der Waals surface area contributed by atoms with E-state index in [2.05, 4.69) is 20.1 Å². The molecule has 1 aliphatic rings. The number of amides is 1. The van der Waals surface area contributed by atoms with Crippen LogP contribution in [-0.4, -0.2) is 27.8 Å². The molecule has 7 heteroatoms. The van der Waals surface area contributed by atoms with Gasteiger partial charge in [-0.15, -0.1) is 10.2 Å². The molecular formula is C21H22N4O2S. The third kappa shape index (κ3) is 4.04. The Labute approximate surface area is 168 Å². The molecule has 1 amide bonds. The van der Waals surface area contributed by atoms with Gasteiger partial charge in [0.2, 0.25) is 5.91 Å². The molecule has 6 nitrogen and oxygen atoms in total. The average Bonchev–Trinajstić information content (AvgIpc) is 3.45. The number of methoxy groups -OCH3 is 1. The second-order valence-corrected chi connectivity index (χ2v) is 7.93. The van der Waals surface area contributed by atoms with Gasteiger partial charge >= 0.3 is 0 Å². The van der Waals surface area contributed by atoms with Gasteiger partial charge in [0.1, 0.15) is 17.3 Å². The number of hydrogen-bond donors (Lipinski definition) is 1. The van der Waals surface area contributed by atoms with Gasteiger partial charge in [-0.25, -0.2) is 0 Å². The maximum atomic E-state index is 13.3. The van der Waals surface area contributed by atoms with Crippen LogP contribution >= 0.6 is 11.8 Å². The summed E-state index contributed by atoms with van der Waals surface area (Å²) in [5.74, 6) is 0.516. The van der Waals surface area contributed by atoms with Crippen LogP contribution < -0.4 is 10.1 Å². The molecule has 28 heavy (non-hydrogen) atoms. The molecule has 1 aromatic heterocycles. The molecule has 0 saturated heterocycles. The summed E-state index contributed by atoms with van der Waals surface area (Å²) in [6.07, 6.45) is 4.02. The molecule has 2 aromatic carbocycles. The number of nitrogens with zero attached hydrogens (tertiary/aromatic N) is 3. The van der Waals surface area contributed by atoms with Crippen LogP contribution in [0.3, 0.4) is 0 Å². The molecule has 0 bridgehead atoms. The van der Waals surface area contributed by atoms with Gasteiger partial charge in [0.25, 0.3) is 0 Å². The minimum absolute atomic E-state index is 0.120. The normalized spacial score (nSPS) is 14.5. The van der Waals surface area contributed by atoms with E-state index in [9.17, 15) is 4.79 Å². The van der Waals surface area contributed by atoms with Crippen LogP contribution in [0.25, 0.3) is 0 Å². The number of nitrogens with one attached hydrogen (secondary N) is 1. The second-order valence-electron chi connectivity index (χ2n) is 6.85. The maximum absolute atomic E-state index is 13.3. The molecule has 1 heterocycles. The number of rotatable bonds is 7. The molecule has 4 rings (SSSR count). The van der Waals surface area contributed by atoms with Crippen LogP contribution in [0, 0.1) is 6.92 Å². The number of carbonyl (C=O) groups is 1. The van der Waals surface area contributed by atoms with E-state index in [0.717, 1.165) is 29.1 Å². The molecule has 1 saturated carbocycles. The molecule has 1 N–H and O–H groups in total. The van der Waals surface area contributed by atoms with Crippen molar-refractivity contribution >= 4 is 23.4 Å². The van der Waals surface area contributed by atoms with E-state index < -0.39 is 5.25 Å². The fourth-order valence-corrected chi connectivity index (χ4v) is 4.13. The van der Waals surface area contributed by atoms with Gasteiger partial charge in [-0.3, -0.25) is 4.79 Å². The zero-order valence-corrected chi connectivity index (χ0v) is 16.6. The number of thioether (sulfide) groups is 1. The molecule has 3 aromatic rings. The Morgan fingerprint density at radius 3 is 2.75 bits per heavy atom. The quantitative estimate of drug-likeness (QED) is 0.602. The zero-order chi connectivity index (χ0) is 19.5. The maximum Gasteiger partial charge on any atom is 0.242 e. The van der Waals surface area contributed by atoms with Crippen molar-refractivity contribution in [2.24, 2.45) is 0 Å². The van der Waals surface area contributed by atoms with E-state index in [0.29, 0.717) is 17.5 Å². The van der Waals surface area contributed by atoms with Crippen molar-refractivity contribution < 1.29 is 9.53 Å². The van der Waals surface area contributed by atoms with Crippen molar-refractivity contribution in [1.82, 2.24) is 14.8 Å². The van der Waals surface area contributed by atoms with E-state index >= 15 is 0 Å². The van der Waals surface area contributed by atoms with Gasteiger partial charge in [-0.05, 0) is 43.0 Å². The standard InChI is InChI=1S/C21H22N4O2S/c1-14-8-11-18(27-2)17(12-14)23-20(26)19(15-6-4-3-5-7-15)28-21-24-22-13-25(21)16-9-10-16/h3-8,11-13,16,19H,9-10H2,1-2H3,(H,23,26)/t19-/m1/s1.